The van der Waals surface area contributed by atoms with Crippen molar-refractivity contribution in [3.8, 4) is 0 Å². The van der Waals surface area contributed by atoms with Crippen LogP contribution in [0.2, 0.25) is 0 Å². The van der Waals surface area contributed by atoms with Gasteiger partial charge in [-0.05, 0) is 36.6 Å². The first-order valence-corrected chi connectivity index (χ1v) is 8.21. The quantitative estimate of drug-likeness (QED) is 0.806. The van der Waals surface area contributed by atoms with Crippen LogP contribution in [-0.2, 0) is 16.4 Å². The maximum Gasteiger partial charge on any atom is 0.232 e. The molecule has 0 aliphatic heterocycles. The van der Waals surface area contributed by atoms with Gasteiger partial charge in [0.1, 0.15) is 5.82 Å². The maximum absolute atomic E-state index is 13.0. The second kappa shape index (κ2) is 6.58. The molecular weight excluding hydrogens is 291 g/mol. The zero-order chi connectivity index (χ0) is 15.3. The fraction of sp³-hybridized carbons (Fsp3) is 0.200. The van der Waals surface area contributed by atoms with E-state index < -0.39 is 15.8 Å². The van der Waals surface area contributed by atoms with E-state index in [-0.39, 0.29) is 17.1 Å². The van der Waals surface area contributed by atoms with Crippen molar-refractivity contribution >= 4 is 21.4 Å². The zero-order valence-electron chi connectivity index (χ0n) is 11.4. The number of hydrogen-bond donors (Lipinski definition) is 2. The van der Waals surface area contributed by atoms with Gasteiger partial charge < -0.3 is 5.73 Å². The molecule has 2 rings (SSSR count). The van der Waals surface area contributed by atoms with Crippen LogP contribution in [0.3, 0.4) is 0 Å². The van der Waals surface area contributed by atoms with Crippen LogP contribution < -0.4 is 10.5 Å². The van der Waals surface area contributed by atoms with Gasteiger partial charge in [-0.15, -0.1) is 0 Å². The number of hydrogen-bond acceptors (Lipinski definition) is 3. The Morgan fingerprint density at radius 2 is 1.81 bits per heavy atom. The Morgan fingerprint density at radius 3 is 2.48 bits per heavy atom. The van der Waals surface area contributed by atoms with Crippen LogP contribution >= 0.6 is 0 Å². The minimum absolute atomic E-state index is 0.000818. The summed E-state index contributed by atoms with van der Waals surface area (Å²) < 4.78 is 39.3. The van der Waals surface area contributed by atoms with Crippen LogP contribution in [0.4, 0.5) is 15.8 Å². The Kier molecular flexibility index (Phi) is 4.80. The van der Waals surface area contributed by atoms with Crippen LogP contribution in [0.5, 0.6) is 0 Å². The minimum Gasteiger partial charge on any atom is -0.396 e. The first kappa shape index (κ1) is 15.3. The first-order valence-electron chi connectivity index (χ1n) is 6.56. The van der Waals surface area contributed by atoms with Crippen LogP contribution in [0.15, 0.2) is 48.5 Å². The molecule has 0 aliphatic carbocycles. The molecule has 112 valence electrons. The van der Waals surface area contributed by atoms with E-state index in [1.54, 1.807) is 0 Å². The van der Waals surface area contributed by atoms with E-state index in [2.05, 4.69) is 4.72 Å². The molecule has 21 heavy (non-hydrogen) atoms. The van der Waals surface area contributed by atoms with Gasteiger partial charge >= 0.3 is 0 Å². The topological polar surface area (TPSA) is 72.2 Å². The molecule has 0 aliphatic rings. The summed E-state index contributed by atoms with van der Waals surface area (Å²) >= 11 is 0. The van der Waals surface area contributed by atoms with Crippen molar-refractivity contribution in [3.63, 3.8) is 0 Å². The summed E-state index contributed by atoms with van der Waals surface area (Å²) in [6, 6.07) is 13.4. The van der Waals surface area contributed by atoms with Gasteiger partial charge in [-0.3, -0.25) is 4.72 Å². The summed E-state index contributed by atoms with van der Waals surface area (Å²) in [7, 11) is -3.46. The normalized spacial score (nSPS) is 11.3. The number of halogens is 1. The predicted molar refractivity (Wildman–Crippen MR) is 83.0 cm³/mol. The average Bonchev–Trinajstić information content (AvgIpc) is 2.43. The zero-order valence-corrected chi connectivity index (χ0v) is 12.2. The number of nitrogen functional groups attached to an aromatic ring is 1. The van der Waals surface area contributed by atoms with Gasteiger partial charge in [-0.25, -0.2) is 12.8 Å². The van der Waals surface area contributed by atoms with E-state index in [9.17, 15) is 12.8 Å². The van der Waals surface area contributed by atoms with Gasteiger partial charge in [0.05, 0.1) is 17.1 Å². The molecule has 0 spiro atoms. The highest BCUT2D eigenvalue weighted by atomic mass is 32.2. The molecule has 0 atom stereocenters. The molecule has 6 heteroatoms. The Morgan fingerprint density at radius 1 is 1.10 bits per heavy atom. The fourth-order valence-corrected chi connectivity index (χ4v) is 3.06. The standard InChI is InChI=1S/C15H17FN2O2S/c16-14-9-8-13(11-15(14)17)18-21(19,20)10-4-7-12-5-2-1-3-6-12/h1-3,5-6,8-9,11,18H,4,7,10,17H2. The first-order chi connectivity index (χ1) is 9.96. The summed E-state index contributed by atoms with van der Waals surface area (Å²) in [6.07, 6.45) is 1.20. The molecule has 0 aromatic heterocycles. The van der Waals surface area contributed by atoms with Crippen molar-refractivity contribution in [3.05, 3.63) is 59.9 Å². The van der Waals surface area contributed by atoms with E-state index in [0.717, 1.165) is 11.6 Å². The SMILES string of the molecule is Nc1cc(NS(=O)(=O)CCCc2ccccc2)ccc1F. The molecule has 2 aromatic rings. The monoisotopic (exact) mass is 308 g/mol. The predicted octanol–water partition coefficient (Wildman–Crippen LogP) is 2.78. The van der Waals surface area contributed by atoms with Crippen LogP contribution in [0.25, 0.3) is 0 Å². The molecule has 0 heterocycles. The lowest BCUT2D eigenvalue weighted by Crippen LogP contribution is -2.17. The highest BCUT2D eigenvalue weighted by molar-refractivity contribution is 7.92. The number of benzene rings is 2. The van der Waals surface area contributed by atoms with Crippen molar-refractivity contribution < 1.29 is 12.8 Å². The van der Waals surface area contributed by atoms with Crippen molar-refractivity contribution in [2.24, 2.45) is 0 Å². The molecule has 0 amide bonds. The van der Waals surface area contributed by atoms with E-state index in [4.69, 9.17) is 5.73 Å². The lowest BCUT2D eigenvalue weighted by molar-refractivity contribution is 0.598. The summed E-state index contributed by atoms with van der Waals surface area (Å²) in [5.41, 5.74) is 6.69. The average molecular weight is 308 g/mol. The Bertz CT molecular complexity index is 703. The maximum atomic E-state index is 13.0. The Hall–Kier alpha value is -2.08. The molecule has 2 aromatic carbocycles. The number of aryl methyl sites for hydroxylation is 1. The second-order valence-electron chi connectivity index (χ2n) is 4.75. The van der Waals surface area contributed by atoms with E-state index in [0.29, 0.717) is 12.8 Å². The number of anilines is 2. The third-order valence-corrected chi connectivity index (χ3v) is 4.36. The second-order valence-corrected chi connectivity index (χ2v) is 6.59. The third kappa shape index (κ3) is 4.75. The molecule has 0 saturated heterocycles. The minimum atomic E-state index is -3.46. The van der Waals surface area contributed by atoms with E-state index >= 15 is 0 Å². The Balaban J connectivity index is 1.91. The lowest BCUT2D eigenvalue weighted by Gasteiger charge is -2.09. The van der Waals surface area contributed by atoms with Crippen molar-refractivity contribution in [2.45, 2.75) is 12.8 Å². The highest BCUT2D eigenvalue weighted by Crippen LogP contribution is 2.17. The molecule has 0 saturated carbocycles. The van der Waals surface area contributed by atoms with Crippen molar-refractivity contribution in [1.82, 2.24) is 0 Å². The largest absolute Gasteiger partial charge is 0.396 e. The lowest BCUT2D eigenvalue weighted by atomic mass is 10.1. The molecule has 0 fully saturated rings. The molecular formula is C15H17FN2O2S. The summed E-state index contributed by atoms with van der Waals surface area (Å²) in [5, 5.41) is 0. The van der Waals surface area contributed by atoms with E-state index in [1.807, 2.05) is 30.3 Å². The van der Waals surface area contributed by atoms with Gasteiger partial charge in [0.25, 0.3) is 0 Å². The fourth-order valence-electron chi connectivity index (χ4n) is 1.95. The number of sulfonamides is 1. The summed E-state index contributed by atoms with van der Waals surface area (Å²) in [4.78, 5) is 0. The van der Waals surface area contributed by atoms with Crippen LogP contribution in [-0.4, -0.2) is 14.2 Å². The van der Waals surface area contributed by atoms with Gasteiger partial charge in [0.2, 0.25) is 10.0 Å². The molecule has 3 N–H and O–H groups in total. The van der Waals surface area contributed by atoms with Gasteiger partial charge in [-0.1, -0.05) is 30.3 Å². The highest BCUT2D eigenvalue weighted by Gasteiger charge is 2.11. The van der Waals surface area contributed by atoms with E-state index in [1.165, 1.54) is 12.1 Å². The van der Waals surface area contributed by atoms with Gasteiger partial charge in [0.15, 0.2) is 0 Å². The third-order valence-electron chi connectivity index (χ3n) is 2.99. The molecule has 4 nitrogen and oxygen atoms in total. The van der Waals surface area contributed by atoms with Gasteiger partial charge in [-0.2, -0.15) is 0 Å². The van der Waals surface area contributed by atoms with Crippen LogP contribution in [0, 0.1) is 5.82 Å². The smallest absolute Gasteiger partial charge is 0.232 e. The summed E-state index contributed by atoms with van der Waals surface area (Å²) in [5.74, 6) is -0.568. The number of nitrogens with two attached hydrogens (primary N) is 1. The van der Waals surface area contributed by atoms with Crippen LogP contribution in [0.1, 0.15) is 12.0 Å². The van der Waals surface area contributed by atoms with Gasteiger partial charge in [0, 0.05) is 0 Å². The number of nitrogens with one attached hydrogen (secondary N) is 1. The van der Waals surface area contributed by atoms with Crippen molar-refractivity contribution in [2.75, 3.05) is 16.2 Å². The molecule has 0 unspecified atom stereocenters. The Labute approximate surface area is 123 Å². The van der Waals surface area contributed by atoms with Crippen molar-refractivity contribution in [1.29, 1.82) is 0 Å². The molecule has 0 bridgehead atoms. The number of rotatable bonds is 6. The molecule has 0 radical (unpaired) electrons. The summed E-state index contributed by atoms with van der Waals surface area (Å²) in [6.45, 7) is 0.